The van der Waals surface area contributed by atoms with E-state index in [1.54, 1.807) is 12.1 Å². The summed E-state index contributed by atoms with van der Waals surface area (Å²) >= 11 is 5.89. The highest BCUT2D eigenvalue weighted by molar-refractivity contribution is 6.30. The molecule has 0 spiro atoms. The summed E-state index contributed by atoms with van der Waals surface area (Å²) in [5.74, 6) is 0. The van der Waals surface area contributed by atoms with Gasteiger partial charge >= 0.3 is 0 Å². The van der Waals surface area contributed by atoms with E-state index in [1.165, 1.54) is 5.56 Å². The number of nitrogens with zero attached hydrogens (tertiary/aromatic N) is 1. The summed E-state index contributed by atoms with van der Waals surface area (Å²) in [6.07, 6.45) is 1.89. The first-order valence-electron chi connectivity index (χ1n) is 7.29. The summed E-state index contributed by atoms with van der Waals surface area (Å²) in [4.78, 5) is 0. The highest BCUT2D eigenvalue weighted by atomic mass is 35.5. The van der Waals surface area contributed by atoms with E-state index < -0.39 is 0 Å². The van der Waals surface area contributed by atoms with Crippen LogP contribution in [0.1, 0.15) is 11.1 Å². The van der Waals surface area contributed by atoms with Gasteiger partial charge in [0.15, 0.2) is 0 Å². The molecule has 0 heterocycles. The van der Waals surface area contributed by atoms with Crippen molar-refractivity contribution in [3.05, 3.63) is 95.0 Å². The van der Waals surface area contributed by atoms with Gasteiger partial charge in [0.1, 0.15) is 0 Å². The summed E-state index contributed by atoms with van der Waals surface area (Å²) in [5.41, 5.74) is 4.82. The zero-order valence-corrected chi connectivity index (χ0v) is 13.2. The Morgan fingerprint density at radius 2 is 1.39 bits per heavy atom. The molecule has 110 valence electrons. The van der Waals surface area contributed by atoms with Crippen LogP contribution in [0.15, 0.2) is 78.9 Å². The standard InChI is InChI=1S/C21H14ClN/c22-21-12-10-19(11-13-21)20(15-23)14-16-6-8-18(9-7-16)17-4-2-1-3-5-17/h1-14H/b20-14-. The molecule has 0 aliphatic heterocycles. The molecule has 23 heavy (non-hydrogen) atoms. The van der Waals surface area contributed by atoms with Crippen LogP contribution in [0.5, 0.6) is 0 Å². The number of allylic oxidation sites excluding steroid dienone is 1. The molecule has 0 saturated heterocycles. The van der Waals surface area contributed by atoms with Crippen LogP contribution in [0.25, 0.3) is 22.8 Å². The van der Waals surface area contributed by atoms with Crippen LogP contribution in [0.2, 0.25) is 5.02 Å². The monoisotopic (exact) mass is 315 g/mol. The third-order valence-corrected chi connectivity index (χ3v) is 3.86. The van der Waals surface area contributed by atoms with Crippen LogP contribution < -0.4 is 0 Å². The van der Waals surface area contributed by atoms with Gasteiger partial charge in [-0.2, -0.15) is 5.26 Å². The molecule has 1 nitrogen and oxygen atoms in total. The lowest BCUT2D eigenvalue weighted by molar-refractivity contribution is 1.52. The second-order valence-electron chi connectivity index (χ2n) is 5.16. The zero-order valence-electron chi connectivity index (χ0n) is 12.4. The summed E-state index contributed by atoms with van der Waals surface area (Å²) in [5, 5.41) is 10.1. The largest absolute Gasteiger partial charge is 0.192 e. The molecule has 2 heteroatoms. The van der Waals surface area contributed by atoms with Crippen LogP contribution in [0.3, 0.4) is 0 Å². The average Bonchev–Trinajstić information content (AvgIpc) is 2.62. The van der Waals surface area contributed by atoms with Gasteiger partial charge in [0.05, 0.1) is 11.6 Å². The molecule has 0 atom stereocenters. The minimum absolute atomic E-state index is 0.620. The summed E-state index contributed by atoms with van der Waals surface area (Å²) in [6, 6.07) is 28.0. The molecule has 3 aromatic rings. The van der Waals surface area contributed by atoms with Crippen molar-refractivity contribution in [3.63, 3.8) is 0 Å². The average molecular weight is 316 g/mol. The number of halogens is 1. The van der Waals surface area contributed by atoms with Crippen molar-refractivity contribution in [3.8, 4) is 17.2 Å². The predicted molar refractivity (Wildman–Crippen MR) is 96.8 cm³/mol. The second kappa shape index (κ2) is 6.96. The molecule has 0 aliphatic rings. The molecular weight excluding hydrogens is 302 g/mol. The van der Waals surface area contributed by atoms with Crippen molar-refractivity contribution in [2.45, 2.75) is 0 Å². The van der Waals surface area contributed by atoms with E-state index in [2.05, 4.69) is 30.3 Å². The minimum atomic E-state index is 0.620. The van der Waals surface area contributed by atoms with Crippen molar-refractivity contribution < 1.29 is 0 Å². The molecule has 0 unspecified atom stereocenters. The van der Waals surface area contributed by atoms with Crippen molar-refractivity contribution in [1.82, 2.24) is 0 Å². The van der Waals surface area contributed by atoms with Crippen molar-refractivity contribution in [1.29, 1.82) is 5.26 Å². The van der Waals surface area contributed by atoms with E-state index in [0.717, 1.165) is 16.7 Å². The number of hydrogen-bond acceptors (Lipinski definition) is 1. The first kappa shape index (κ1) is 15.1. The highest BCUT2D eigenvalue weighted by Crippen LogP contribution is 2.23. The van der Waals surface area contributed by atoms with E-state index >= 15 is 0 Å². The normalized spacial score (nSPS) is 11.0. The van der Waals surface area contributed by atoms with Crippen LogP contribution >= 0.6 is 11.6 Å². The molecule has 0 amide bonds. The third kappa shape index (κ3) is 3.69. The molecule has 0 aromatic heterocycles. The molecule has 0 bridgehead atoms. The Morgan fingerprint density at radius 1 is 0.783 bits per heavy atom. The predicted octanol–water partition coefficient (Wildman–Crippen LogP) is 6.07. The van der Waals surface area contributed by atoms with Gasteiger partial charge in [-0.3, -0.25) is 0 Å². The van der Waals surface area contributed by atoms with Gasteiger partial charge < -0.3 is 0 Å². The summed E-state index contributed by atoms with van der Waals surface area (Å²) in [7, 11) is 0. The van der Waals surface area contributed by atoms with Gasteiger partial charge in [0, 0.05) is 5.02 Å². The van der Waals surface area contributed by atoms with Gasteiger partial charge in [-0.05, 0) is 40.5 Å². The first-order chi connectivity index (χ1) is 11.3. The lowest BCUT2D eigenvalue weighted by Crippen LogP contribution is -1.82. The van der Waals surface area contributed by atoms with Gasteiger partial charge in [-0.15, -0.1) is 0 Å². The highest BCUT2D eigenvalue weighted by Gasteiger charge is 2.02. The van der Waals surface area contributed by atoms with Gasteiger partial charge in [0.2, 0.25) is 0 Å². The molecule has 0 fully saturated rings. The Bertz CT molecular complexity index is 854. The maximum atomic E-state index is 9.39. The Morgan fingerprint density at radius 3 is 2.00 bits per heavy atom. The Labute approximate surface area is 141 Å². The third-order valence-electron chi connectivity index (χ3n) is 3.60. The summed E-state index contributed by atoms with van der Waals surface area (Å²) in [6.45, 7) is 0. The smallest absolute Gasteiger partial charge is 0.0998 e. The molecule has 0 radical (unpaired) electrons. The number of rotatable bonds is 3. The lowest BCUT2D eigenvalue weighted by atomic mass is 10.0. The number of benzene rings is 3. The van der Waals surface area contributed by atoms with Crippen molar-refractivity contribution in [2.24, 2.45) is 0 Å². The molecule has 0 aliphatic carbocycles. The molecular formula is C21H14ClN. The van der Waals surface area contributed by atoms with Crippen LogP contribution in [0.4, 0.5) is 0 Å². The molecule has 3 rings (SSSR count). The number of nitriles is 1. The Hall–Kier alpha value is -2.82. The van der Waals surface area contributed by atoms with Crippen molar-refractivity contribution in [2.75, 3.05) is 0 Å². The Kier molecular flexibility index (Phi) is 4.57. The molecule has 0 N–H and O–H groups in total. The van der Waals surface area contributed by atoms with Crippen LogP contribution in [0, 0.1) is 11.3 Å². The minimum Gasteiger partial charge on any atom is -0.192 e. The summed E-state index contributed by atoms with van der Waals surface area (Å²) < 4.78 is 0. The number of hydrogen-bond donors (Lipinski definition) is 0. The van der Waals surface area contributed by atoms with Gasteiger partial charge in [0.25, 0.3) is 0 Å². The maximum Gasteiger partial charge on any atom is 0.0998 e. The second-order valence-corrected chi connectivity index (χ2v) is 5.60. The fraction of sp³-hybridized carbons (Fsp3) is 0. The quantitative estimate of drug-likeness (QED) is 0.425. The first-order valence-corrected chi connectivity index (χ1v) is 7.67. The fourth-order valence-electron chi connectivity index (χ4n) is 2.38. The van der Waals surface area contributed by atoms with E-state index in [1.807, 2.05) is 48.5 Å². The van der Waals surface area contributed by atoms with E-state index in [-0.39, 0.29) is 0 Å². The van der Waals surface area contributed by atoms with Crippen molar-refractivity contribution >= 4 is 23.3 Å². The van der Waals surface area contributed by atoms with Crippen LogP contribution in [-0.4, -0.2) is 0 Å². The SMILES string of the molecule is N#C/C(=C/c1ccc(-c2ccccc2)cc1)c1ccc(Cl)cc1. The topological polar surface area (TPSA) is 23.8 Å². The molecule has 0 saturated carbocycles. The molecule has 3 aromatic carbocycles. The lowest BCUT2D eigenvalue weighted by Gasteiger charge is -2.03. The fourth-order valence-corrected chi connectivity index (χ4v) is 2.50. The van der Waals surface area contributed by atoms with E-state index in [4.69, 9.17) is 11.6 Å². The maximum absolute atomic E-state index is 9.39. The Balaban J connectivity index is 1.89. The van der Waals surface area contributed by atoms with E-state index in [0.29, 0.717) is 10.6 Å². The van der Waals surface area contributed by atoms with Gasteiger partial charge in [-0.1, -0.05) is 78.3 Å². The van der Waals surface area contributed by atoms with Gasteiger partial charge in [-0.25, -0.2) is 0 Å². The van der Waals surface area contributed by atoms with Crippen LogP contribution in [-0.2, 0) is 0 Å². The van der Waals surface area contributed by atoms with E-state index in [9.17, 15) is 5.26 Å². The zero-order chi connectivity index (χ0) is 16.1.